The highest BCUT2D eigenvalue weighted by molar-refractivity contribution is 5.77. The van der Waals surface area contributed by atoms with Crippen molar-refractivity contribution < 1.29 is 9.53 Å². The van der Waals surface area contributed by atoms with E-state index >= 15 is 0 Å². The summed E-state index contributed by atoms with van der Waals surface area (Å²) in [5.74, 6) is 1.11. The summed E-state index contributed by atoms with van der Waals surface area (Å²) in [4.78, 5) is 15.8. The van der Waals surface area contributed by atoms with E-state index in [0.717, 1.165) is 12.0 Å². The third kappa shape index (κ3) is 4.88. The molecule has 2 rings (SSSR count). The van der Waals surface area contributed by atoms with Crippen molar-refractivity contribution in [1.82, 2.24) is 10.3 Å². The first kappa shape index (κ1) is 16.0. The Hall–Kier alpha value is -2.36. The maximum absolute atomic E-state index is 11.8. The quantitative estimate of drug-likeness (QED) is 0.853. The van der Waals surface area contributed by atoms with Crippen LogP contribution in [0.4, 0.5) is 0 Å². The Bertz CT molecular complexity index is 582. The lowest BCUT2D eigenvalue weighted by molar-refractivity contribution is -0.123. The van der Waals surface area contributed by atoms with Crippen LogP contribution in [0, 0.1) is 0 Å². The van der Waals surface area contributed by atoms with Gasteiger partial charge in [0, 0.05) is 18.9 Å². The first-order valence-corrected chi connectivity index (χ1v) is 7.57. The molecule has 0 spiro atoms. The number of amides is 1. The highest BCUT2D eigenvalue weighted by Crippen LogP contribution is 2.21. The lowest BCUT2D eigenvalue weighted by Crippen LogP contribution is -2.28. The molecule has 1 aromatic heterocycles. The van der Waals surface area contributed by atoms with Crippen LogP contribution in [0.3, 0.4) is 0 Å². The number of pyridine rings is 1. The van der Waals surface area contributed by atoms with E-state index in [1.54, 1.807) is 12.4 Å². The number of rotatable bonds is 7. The maximum atomic E-state index is 11.8. The molecule has 0 aliphatic carbocycles. The van der Waals surface area contributed by atoms with Gasteiger partial charge in [-0.05, 0) is 41.7 Å². The van der Waals surface area contributed by atoms with Crippen molar-refractivity contribution in [3.05, 3.63) is 59.9 Å². The van der Waals surface area contributed by atoms with E-state index in [-0.39, 0.29) is 12.5 Å². The zero-order valence-corrected chi connectivity index (χ0v) is 13.1. The summed E-state index contributed by atoms with van der Waals surface area (Å²) in [5.41, 5.74) is 2.25. The minimum absolute atomic E-state index is 0.0168. The molecule has 116 valence electrons. The minimum Gasteiger partial charge on any atom is -0.484 e. The Morgan fingerprint density at radius 3 is 2.68 bits per heavy atom. The largest absolute Gasteiger partial charge is 0.484 e. The van der Waals surface area contributed by atoms with Crippen LogP contribution in [-0.4, -0.2) is 17.5 Å². The second kappa shape index (κ2) is 8.17. The van der Waals surface area contributed by atoms with Gasteiger partial charge in [-0.2, -0.15) is 0 Å². The highest BCUT2D eigenvalue weighted by atomic mass is 16.5. The van der Waals surface area contributed by atoms with Crippen molar-refractivity contribution in [1.29, 1.82) is 0 Å². The number of carbonyl (C=O) groups excluding carboxylic acids is 1. The summed E-state index contributed by atoms with van der Waals surface area (Å²) >= 11 is 0. The molecule has 1 atom stereocenters. The lowest BCUT2D eigenvalue weighted by atomic mass is 9.99. The van der Waals surface area contributed by atoms with Crippen molar-refractivity contribution in [2.75, 3.05) is 6.61 Å². The molecule has 0 radical (unpaired) electrons. The number of carbonyl (C=O) groups is 1. The van der Waals surface area contributed by atoms with E-state index in [2.05, 4.69) is 36.3 Å². The molecule has 0 aliphatic heterocycles. The molecule has 0 bridgehead atoms. The van der Waals surface area contributed by atoms with E-state index in [4.69, 9.17) is 4.74 Å². The van der Waals surface area contributed by atoms with Gasteiger partial charge in [-0.25, -0.2) is 0 Å². The second-order valence-corrected chi connectivity index (χ2v) is 5.31. The molecular weight excluding hydrogens is 276 g/mol. The number of aromatic nitrogens is 1. The zero-order valence-electron chi connectivity index (χ0n) is 13.1. The van der Waals surface area contributed by atoms with E-state index < -0.39 is 0 Å². The fourth-order valence-electron chi connectivity index (χ4n) is 2.03. The lowest BCUT2D eigenvalue weighted by Gasteiger charge is -2.11. The monoisotopic (exact) mass is 298 g/mol. The van der Waals surface area contributed by atoms with E-state index in [9.17, 15) is 4.79 Å². The molecule has 1 aromatic carbocycles. The van der Waals surface area contributed by atoms with Gasteiger partial charge in [-0.1, -0.05) is 32.0 Å². The van der Waals surface area contributed by atoms with E-state index in [1.165, 1.54) is 5.56 Å². The average molecular weight is 298 g/mol. The summed E-state index contributed by atoms with van der Waals surface area (Å²) in [6, 6.07) is 11.7. The Morgan fingerprint density at radius 2 is 2.05 bits per heavy atom. The molecule has 0 aliphatic rings. The molecule has 0 unspecified atom stereocenters. The first-order valence-electron chi connectivity index (χ1n) is 7.57. The smallest absolute Gasteiger partial charge is 0.258 e. The van der Waals surface area contributed by atoms with Gasteiger partial charge >= 0.3 is 0 Å². The Kier molecular flexibility index (Phi) is 5.95. The van der Waals surface area contributed by atoms with Gasteiger partial charge in [-0.3, -0.25) is 9.78 Å². The molecule has 1 amide bonds. The molecule has 0 saturated carbocycles. The van der Waals surface area contributed by atoms with Crippen LogP contribution in [0.25, 0.3) is 0 Å². The van der Waals surface area contributed by atoms with Crippen LogP contribution in [0.2, 0.25) is 0 Å². The molecule has 2 aromatic rings. The number of benzene rings is 1. The molecule has 1 heterocycles. The van der Waals surface area contributed by atoms with Crippen LogP contribution >= 0.6 is 0 Å². The number of nitrogens with one attached hydrogen (secondary N) is 1. The standard InChI is InChI=1S/C18H22N2O2/c1-3-14(2)16-6-8-17(9-7-16)22-13-18(21)20-12-15-5-4-10-19-11-15/h4-11,14H,3,12-13H2,1-2H3,(H,20,21)/t14-/m0/s1. The van der Waals surface area contributed by atoms with Crippen LogP contribution in [-0.2, 0) is 11.3 Å². The summed E-state index contributed by atoms with van der Waals surface area (Å²) in [7, 11) is 0. The van der Waals surface area contributed by atoms with Gasteiger partial charge in [0.05, 0.1) is 0 Å². The first-order chi connectivity index (χ1) is 10.7. The predicted molar refractivity (Wildman–Crippen MR) is 86.7 cm³/mol. The molecule has 0 fully saturated rings. The van der Waals surface area contributed by atoms with Crippen LogP contribution in [0.5, 0.6) is 5.75 Å². The molecular formula is C18H22N2O2. The van der Waals surface area contributed by atoms with Gasteiger partial charge in [0.25, 0.3) is 5.91 Å². The molecule has 4 nitrogen and oxygen atoms in total. The summed E-state index contributed by atoms with van der Waals surface area (Å²) < 4.78 is 5.50. The third-order valence-electron chi connectivity index (χ3n) is 3.64. The SMILES string of the molecule is CC[C@H](C)c1ccc(OCC(=O)NCc2cccnc2)cc1. The molecule has 1 N–H and O–H groups in total. The van der Waals surface area contributed by atoms with Crippen molar-refractivity contribution in [2.24, 2.45) is 0 Å². The highest BCUT2D eigenvalue weighted by Gasteiger charge is 2.05. The van der Waals surface area contributed by atoms with Gasteiger partial charge in [0.15, 0.2) is 6.61 Å². The minimum atomic E-state index is -0.144. The number of nitrogens with zero attached hydrogens (tertiary/aromatic N) is 1. The van der Waals surface area contributed by atoms with Crippen molar-refractivity contribution in [2.45, 2.75) is 32.7 Å². The Balaban J connectivity index is 1.76. The molecule has 4 heteroatoms. The van der Waals surface area contributed by atoms with Gasteiger partial charge in [0.2, 0.25) is 0 Å². The van der Waals surface area contributed by atoms with Gasteiger partial charge in [0.1, 0.15) is 5.75 Å². The van der Waals surface area contributed by atoms with Crippen LogP contribution < -0.4 is 10.1 Å². The number of ether oxygens (including phenoxy) is 1. The number of hydrogen-bond donors (Lipinski definition) is 1. The molecule has 22 heavy (non-hydrogen) atoms. The summed E-state index contributed by atoms with van der Waals surface area (Å²) in [5, 5.41) is 2.80. The van der Waals surface area contributed by atoms with Crippen molar-refractivity contribution in [3.8, 4) is 5.75 Å². The maximum Gasteiger partial charge on any atom is 0.258 e. The zero-order chi connectivity index (χ0) is 15.8. The Morgan fingerprint density at radius 1 is 1.27 bits per heavy atom. The topological polar surface area (TPSA) is 51.2 Å². The van der Waals surface area contributed by atoms with Gasteiger partial charge in [-0.15, -0.1) is 0 Å². The second-order valence-electron chi connectivity index (χ2n) is 5.31. The fourth-order valence-corrected chi connectivity index (χ4v) is 2.03. The van der Waals surface area contributed by atoms with Crippen LogP contribution in [0.1, 0.15) is 37.3 Å². The molecule has 0 saturated heterocycles. The predicted octanol–water partition coefficient (Wildman–Crippen LogP) is 3.29. The Labute approximate surface area is 131 Å². The summed E-state index contributed by atoms with van der Waals surface area (Å²) in [6.07, 6.45) is 4.54. The normalized spacial score (nSPS) is 11.7. The fraction of sp³-hybridized carbons (Fsp3) is 0.333. The van der Waals surface area contributed by atoms with E-state index in [1.807, 2.05) is 24.3 Å². The van der Waals surface area contributed by atoms with E-state index in [0.29, 0.717) is 18.2 Å². The average Bonchev–Trinajstić information content (AvgIpc) is 2.58. The van der Waals surface area contributed by atoms with Crippen molar-refractivity contribution in [3.63, 3.8) is 0 Å². The number of hydrogen-bond acceptors (Lipinski definition) is 3. The summed E-state index contributed by atoms with van der Waals surface area (Å²) in [6.45, 7) is 4.84. The third-order valence-corrected chi connectivity index (χ3v) is 3.64. The van der Waals surface area contributed by atoms with Gasteiger partial charge < -0.3 is 10.1 Å². The van der Waals surface area contributed by atoms with Crippen LogP contribution in [0.15, 0.2) is 48.8 Å². The van der Waals surface area contributed by atoms with Crippen molar-refractivity contribution >= 4 is 5.91 Å².